The zero-order valence-corrected chi connectivity index (χ0v) is 12.8. The molecule has 2 aromatic rings. The average molecular weight is 272 g/mol. The Bertz CT molecular complexity index is 564. The van der Waals surface area contributed by atoms with Crippen LogP contribution in [0.2, 0.25) is 0 Å². The van der Waals surface area contributed by atoms with Crippen LogP contribution in [0, 0.1) is 0 Å². The van der Waals surface area contributed by atoms with Crippen molar-refractivity contribution in [3.05, 3.63) is 42.2 Å². The van der Waals surface area contributed by atoms with Crippen LogP contribution in [0.3, 0.4) is 0 Å². The molecule has 108 valence electrons. The van der Waals surface area contributed by atoms with E-state index in [1.54, 1.807) is 0 Å². The van der Waals surface area contributed by atoms with Crippen molar-refractivity contribution in [1.82, 2.24) is 10.3 Å². The normalized spacial score (nSPS) is 16.0. The molecule has 3 heteroatoms. The summed E-state index contributed by atoms with van der Waals surface area (Å²) >= 11 is 0. The van der Waals surface area contributed by atoms with E-state index in [9.17, 15) is 0 Å². The molecule has 1 N–H and O–H groups in total. The number of rotatable bonds is 6. The van der Waals surface area contributed by atoms with Crippen LogP contribution in [-0.4, -0.2) is 24.2 Å². The number of fused-ring (bicyclic) bond motifs is 1. The molecule has 0 aliphatic heterocycles. The van der Waals surface area contributed by atoms with E-state index in [2.05, 4.69) is 48.4 Å². The van der Waals surface area contributed by atoms with Crippen LogP contribution in [0.5, 0.6) is 0 Å². The molecule has 3 nitrogen and oxygen atoms in total. The number of aromatic nitrogens is 1. The topological polar surface area (TPSA) is 34.1 Å². The van der Waals surface area contributed by atoms with Crippen molar-refractivity contribution in [2.45, 2.75) is 38.8 Å². The van der Waals surface area contributed by atoms with Crippen LogP contribution >= 0.6 is 0 Å². The standard InChI is InChI=1S/C17H24N2O/c1-5-17(3,20-6-2)16(18-4)15-9-7-8-13-12-19-11-10-14(13)15/h7-12,16,18H,5-6H2,1-4H3. The molecule has 0 aliphatic carbocycles. The van der Waals surface area contributed by atoms with E-state index in [-0.39, 0.29) is 11.6 Å². The zero-order valence-electron chi connectivity index (χ0n) is 12.8. The number of nitrogens with zero attached hydrogens (tertiary/aromatic N) is 1. The van der Waals surface area contributed by atoms with Crippen molar-refractivity contribution in [2.75, 3.05) is 13.7 Å². The fourth-order valence-corrected chi connectivity index (χ4v) is 2.91. The van der Waals surface area contributed by atoms with Crippen LogP contribution in [0.25, 0.3) is 10.8 Å². The summed E-state index contributed by atoms with van der Waals surface area (Å²) in [5.74, 6) is 0. The molecule has 20 heavy (non-hydrogen) atoms. The molecule has 0 bridgehead atoms. The number of hydrogen-bond donors (Lipinski definition) is 1. The Morgan fingerprint density at radius 3 is 2.75 bits per heavy atom. The van der Waals surface area contributed by atoms with Crippen LogP contribution in [-0.2, 0) is 4.74 Å². The summed E-state index contributed by atoms with van der Waals surface area (Å²) in [6.45, 7) is 7.12. The van der Waals surface area contributed by atoms with Gasteiger partial charge < -0.3 is 10.1 Å². The van der Waals surface area contributed by atoms with Gasteiger partial charge in [0.15, 0.2) is 0 Å². The Kier molecular flexibility index (Phi) is 4.73. The molecule has 0 spiro atoms. The third-order valence-electron chi connectivity index (χ3n) is 4.10. The molecule has 0 amide bonds. The number of nitrogens with one attached hydrogen (secondary N) is 1. The molecule has 0 saturated carbocycles. The maximum atomic E-state index is 6.06. The fraction of sp³-hybridized carbons (Fsp3) is 0.471. The first kappa shape index (κ1) is 14.9. The van der Waals surface area contributed by atoms with Crippen molar-refractivity contribution in [3.63, 3.8) is 0 Å². The minimum Gasteiger partial charge on any atom is -0.374 e. The highest BCUT2D eigenvalue weighted by molar-refractivity contribution is 5.85. The molecular formula is C17H24N2O. The quantitative estimate of drug-likeness (QED) is 0.870. The van der Waals surface area contributed by atoms with Gasteiger partial charge in [-0.1, -0.05) is 25.1 Å². The van der Waals surface area contributed by atoms with E-state index >= 15 is 0 Å². The molecule has 2 rings (SSSR count). The van der Waals surface area contributed by atoms with E-state index in [0.717, 1.165) is 13.0 Å². The molecule has 1 heterocycles. The lowest BCUT2D eigenvalue weighted by atomic mass is 9.85. The average Bonchev–Trinajstić information content (AvgIpc) is 2.48. The Balaban J connectivity index is 2.54. The Morgan fingerprint density at radius 2 is 2.10 bits per heavy atom. The summed E-state index contributed by atoms with van der Waals surface area (Å²) in [5, 5.41) is 5.85. The SMILES string of the molecule is CCOC(C)(CC)C(NC)c1cccc2cnccc12. The van der Waals surface area contributed by atoms with Gasteiger partial charge in [-0.3, -0.25) is 4.98 Å². The number of likely N-dealkylation sites (N-methyl/N-ethyl adjacent to an activating group) is 1. The predicted octanol–water partition coefficient (Wildman–Crippen LogP) is 3.70. The van der Waals surface area contributed by atoms with Gasteiger partial charge in [0, 0.05) is 24.4 Å². The van der Waals surface area contributed by atoms with Crippen molar-refractivity contribution < 1.29 is 4.74 Å². The highest BCUT2D eigenvalue weighted by Gasteiger charge is 2.34. The predicted molar refractivity (Wildman–Crippen MR) is 83.9 cm³/mol. The molecule has 2 atom stereocenters. The first-order valence-electron chi connectivity index (χ1n) is 7.30. The van der Waals surface area contributed by atoms with Gasteiger partial charge >= 0.3 is 0 Å². The summed E-state index contributed by atoms with van der Waals surface area (Å²) in [4.78, 5) is 4.21. The molecular weight excluding hydrogens is 248 g/mol. The van der Waals surface area contributed by atoms with Crippen molar-refractivity contribution >= 4 is 10.8 Å². The van der Waals surface area contributed by atoms with Gasteiger partial charge in [-0.15, -0.1) is 0 Å². The summed E-state index contributed by atoms with van der Waals surface area (Å²) < 4.78 is 6.06. The third-order valence-corrected chi connectivity index (χ3v) is 4.10. The number of ether oxygens (including phenoxy) is 1. The molecule has 1 aromatic heterocycles. The number of hydrogen-bond acceptors (Lipinski definition) is 3. The summed E-state index contributed by atoms with van der Waals surface area (Å²) in [5.41, 5.74) is 1.05. The van der Waals surface area contributed by atoms with E-state index in [0.29, 0.717) is 0 Å². The van der Waals surface area contributed by atoms with E-state index in [1.807, 2.05) is 26.4 Å². The van der Waals surface area contributed by atoms with Gasteiger partial charge in [-0.2, -0.15) is 0 Å². The summed E-state index contributed by atoms with van der Waals surface area (Å²) in [6, 6.07) is 8.60. The highest BCUT2D eigenvalue weighted by atomic mass is 16.5. The third kappa shape index (κ3) is 2.69. The van der Waals surface area contributed by atoms with Gasteiger partial charge in [0.25, 0.3) is 0 Å². The van der Waals surface area contributed by atoms with Gasteiger partial charge in [-0.05, 0) is 44.3 Å². The van der Waals surface area contributed by atoms with Crippen LogP contribution < -0.4 is 5.32 Å². The lowest BCUT2D eigenvalue weighted by Gasteiger charge is -2.37. The van der Waals surface area contributed by atoms with Gasteiger partial charge in [0.2, 0.25) is 0 Å². The van der Waals surface area contributed by atoms with Crippen molar-refractivity contribution in [1.29, 1.82) is 0 Å². The minimum atomic E-state index is -0.221. The second kappa shape index (κ2) is 6.33. The number of pyridine rings is 1. The highest BCUT2D eigenvalue weighted by Crippen LogP contribution is 2.35. The van der Waals surface area contributed by atoms with Crippen molar-refractivity contribution in [2.24, 2.45) is 0 Å². The lowest BCUT2D eigenvalue weighted by molar-refractivity contribution is -0.0543. The lowest BCUT2D eigenvalue weighted by Crippen LogP contribution is -2.42. The van der Waals surface area contributed by atoms with Crippen LogP contribution in [0.15, 0.2) is 36.7 Å². The Morgan fingerprint density at radius 1 is 1.30 bits per heavy atom. The zero-order chi connectivity index (χ0) is 14.6. The molecule has 0 aliphatic rings. The fourth-order valence-electron chi connectivity index (χ4n) is 2.91. The Hall–Kier alpha value is -1.45. The number of benzene rings is 1. The van der Waals surface area contributed by atoms with Gasteiger partial charge in [0.1, 0.15) is 0 Å². The van der Waals surface area contributed by atoms with Gasteiger partial charge in [0.05, 0.1) is 11.6 Å². The molecule has 0 fully saturated rings. The van der Waals surface area contributed by atoms with E-state index in [4.69, 9.17) is 4.74 Å². The molecule has 0 radical (unpaired) electrons. The summed E-state index contributed by atoms with van der Waals surface area (Å²) in [6.07, 6.45) is 4.71. The summed E-state index contributed by atoms with van der Waals surface area (Å²) in [7, 11) is 2.00. The monoisotopic (exact) mass is 272 g/mol. The largest absolute Gasteiger partial charge is 0.374 e. The Labute approximate surface area is 121 Å². The molecule has 1 aromatic carbocycles. The first-order chi connectivity index (χ1) is 9.66. The second-order valence-electron chi connectivity index (χ2n) is 5.26. The first-order valence-corrected chi connectivity index (χ1v) is 7.30. The molecule has 0 saturated heterocycles. The maximum Gasteiger partial charge on any atom is 0.0845 e. The van der Waals surface area contributed by atoms with Gasteiger partial charge in [-0.25, -0.2) is 0 Å². The van der Waals surface area contributed by atoms with E-state index < -0.39 is 0 Å². The van der Waals surface area contributed by atoms with Crippen LogP contribution in [0.4, 0.5) is 0 Å². The minimum absolute atomic E-state index is 0.151. The van der Waals surface area contributed by atoms with Crippen LogP contribution in [0.1, 0.15) is 38.8 Å². The molecule has 2 unspecified atom stereocenters. The second-order valence-corrected chi connectivity index (χ2v) is 5.26. The van der Waals surface area contributed by atoms with Crippen molar-refractivity contribution in [3.8, 4) is 0 Å². The smallest absolute Gasteiger partial charge is 0.0845 e. The van der Waals surface area contributed by atoms with E-state index in [1.165, 1.54) is 16.3 Å². The maximum absolute atomic E-state index is 6.06.